The molecule has 1 heterocycles. The minimum Gasteiger partial charge on any atom is -0.466 e. The molecule has 0 aromatic carbocycles. The topological polar surface area (TPSA) is 55.6 Å². The van der Waals surface area contributed by atoms with Gasteiger partial charge in [-0.25, -0.2) is 4.79 Å². The number of ether oxygens (including phenoxy) is 2. The number of amides is 1. The Morgan fingerprint density at radius 2 is 2.33 bits per heavy atom. The molecule has 3 atom stereocenters. The van der Waals surface area contributed by atoms with Crippen LogP contribution in [0.25, 0.3) is 0 Å². The molecule has 0 aromatic heterocycles. The van der Waals surface area contributed by atoms with E-state index in [4.69, 9.17) is 9.47 Å². The predicted octanol–water partition coefficient (Wildman–Crippen LogP) is 0.660. The molecule has 0 aromatic rings. The van der Waals surface area contributed by atoms with Crippen LogP contribution in [0.3, 0.4) is 0 Å². The van der Waals surface area contributed by atoms with Gasteiger partial charge in [-0.2, -0.15) is 0 Å². The summed E-state index contributed by atoms with van der Waals surface area (Å²) in [6.07, 6.45) is 3.71. The smallest absolute Gasteiger partial charge is 0.333 e. The van der Waals surface area contributed by atoms with Gasteiger partial charge in [-0.05, 0) is 6.08 Å². The van der Waals surface area contributed by atoms with E-state index < -0.39 is 0 Å². The van der Waals surface area contributed by atoms with E-state index in [1.54, 1.807) is 17.1 Å². The summed E-state index contributed by atoms with van der Waals surface area (Å²) in [7, 11) is 1.35. The van der Waals surface area contributed by atoms with E-state index >= 15 is 0 Å². The summed E-state index contributed by atoms with van der Waals surface area (Å²) >= 11 is 0. The van der Waals surface area contributed by atoms with Crippen LogP contribution >= 0.6 is 0 Å². The molecule has 18 heavy (non-hydrogen) atoms. The average Bonchev–Trinajstić information content (AvgIpc) is 3.09. The highest BCUT2D eigenvalue weighted by atomic mass is 16.5. The van der Waals surface area contributed by atoms with Gasteiger partial charge in [-0.3, -0.25) is 4.79 Å². The zero-order chi connectivity index (χ0) is 13.3. The summed E-state index contributed by atoms with van der Waals surface area (Å²) in [5, 5.41) is 0. The van der Waals surface area contributed by atoms with Gasteiger partial charge in [0.1, 0.15) is 0 Å². The highest BCUT2D eigenvalue weighted by molar-refractivity contribution is 5.90. The lowest BCUT2D eigenvalue weighted by atomic mass is 9.97. The molecule has 98 valence electrons. The van der Waals surface area contributed by atoms with Crippen molar-refractivity contribution in [2.45, 2.75) is 31.5 Å². The Morgan fingerprint density at radius 1 is 1.61 bits per heavy atom. The summed E-state index contributed by atoms with van der Waals surface area (Å²) in [6.45, 7) is 5.51. The Bertz CT molecular complexity index is 415. The van der Waals surface area contributed by atoms with E-state index in [-0.39, 0.29) is 30.1 Å². The van der Waals surface area contributed by atoms with Crippen LogP contribution in [0.4, 0.5) is 0 Å². The van der Waals surface area contributed by atoms with Gasteiger partial charge in [0.15, 0.2) is 0 Å². The molecule has 3 unspecified atom stereocenters. The second kappa shape index (κ2) is 4.94. The SMILES string of the molecule is C=CCOC1C=C(C(=O)OC)CC2C1N2C(C)=O. The standard InChI is InChI=1S/C13H17NO4/c1-4-5-18-11-7-9(13(16)17-3)6-10-12(11)14(10)8(2)15/h4,7,10-12H,1,5-6H2,2-3H3. The lowest BCUT2D eigenvalue weighted by molar-refractivity contribution is -0.136. The Kier molecular flexibility index (Phi) is 3.52. The Labute approximate surface area is 106 Å². The maximum Gasteiger partial charge on any atom is 0.333 e. The molecule has 2 rings (SSSR count). The van der Waals surface area contributed by atoms with E-state index in [1.807, 2.05) is 0 Å². The average molecular weight is 251 g/mol. The lowest BCUT2D eigenvalue weighted by Gasteiger charge is -2.17. The number of hydrogen-bond acceptors (Lipinski definition) is 4. The van der Waals surface area contributed by atoms with Gasteiger partial charge in [0.05, 0.1) is 31.9 Å². The van der Waals surface area contributed by atoms with Crippen molar-refractivity contribution in [3.05, 3.63) is 24.3 Å². The summed E-state index contributed by atoms with van der Waals surface area (Å²) < 4.78 is 10.3. The maximum absolute atomic E-state index is 11.6. The zero-order valence-corrected chi connectivity index (χ0v) is 10.6. The molecule has 1 aliphatic heterocycles. The third-order valence-corrected chi connectivity index (χ3v) is 3.33. The van der Waals surface area contributed by atoms with Crippen LogP contribution < -0.4 is 0 Å². The van der Waals surface area contributed by atoms with Crippen LogP contribution in [-0.2, 0) is 19.1 Å². The predicted molar refractivity (Wildman–Crippen MR) is 64.7 cm³/mol. The van der Waals surface area contributed by atoms with Gasteiger partial charge in [0.2, 0.25) is 5.91 Å². The zero-order valence-electron chi connectivity index (χ0n) is 10.6. The van der Waals surface area contributed by atoms with Gasteiger partial charge in [-0.1, -0.05) is 6.08 Å². The van der Waals surface area contributed by atoms with Crippen LogP contribution in [-0.4, -0.2) is 48.7 Å². The first-order chi connectivity index (χ1) is 8.60. The highest BCUT2D eigenvalue weighted by Gasteiger charge is 2.56. The van der Waals surface area contributed by atoms with E-state index in [0.717, 1.165) is 0 Å². The molecule has 5 nitrogen and oxygen atoms in total. The van der Waals surface area contributed by atoms with Crippen LogP contribution in [0.1, 0.15) is 13.3 Å². The molecule has 1 saturated heterocycles. The van der Waals surface area contributed by atoms with Gasteiger partial charge in [-0.15, -0.1) is 6.58 Å². The molecule has 5 heteroatoms. The van der Waals surface area contributed by atoms with E-state index in [1.165, 1.54) is 14.0 Å². The fourth-order valence-corrected chi connectivity index (χ4v) is 2.54. The van der Waals surface area contributed by atoms with Gasteiger partial charge < -0.3 is 14.4 Å². The molecule has 1 aliphatic carbocycles. The third-order valence-electron chi connectivity index (χ3n) is 3.33. The van der Waals surface area contributed by atoms with E-state index in [0.29, 0.717) is 18.6 Å². The molecule has 0 spiro atoms. The number of fused-ring (bicyclic) bond motifs is 1. The number of carbonyl (C=O) groups is 2. The van der Waals surface area contributed by atoms with Gasteiger partial charge in [0.25, 0.3) is 0 Å². The Morgan fingerprint density at radius 3 is 2.89 bits per heavy atom. The van der Waals surface area contributed by atoms with Crippen molar-refractivity contribution in [1.29, 1.82) is 0 Å². The normalized spacial score (nSPS) is 29.1. The fourth-order valence-electron chi connectivity index (χ4n) is 2.54. The molecule has 2 aliphatic rings. The quantitative estimate of drug-likeness (QED) is 0.418. The van der Waals surface area contributed by atoms with Crippen LogP contribution in [0.5, 0.6) is 0 Å². The first-order valence-corrected chi connectivity index (χ1v) is 5.90. The molecule has 0 saturated carbocycles. The highest BCUT2D eigenvalue weighted by Crippen LogP contribution is 2.41. The summed E-state index contributed by atoms with van der Waals surface area (Å²) in [6, 6.07) is 0.118. The van der Waals surface area contributed by atoms with Crippen molar-refractivity contribution in [2.75, 3.05) is 13.7 Å². The van der Waals surface area contributed by atoms with Gasteiger partial charge >= 0.3 is 5.97 Å². The maximum atomic E-state index is 11.6. The van der Waals surface area contributed by atoms with E-state index in [2.05, 4.69) is 6.58 Å². The van der Waals surface area contributed by atoms with Crippen LogP contribution in [0, 0.1) is 0 Å². The molecule has 1 fully saturated rings. The molecular weight excluding hydrogens is 234 g/mol. The molecule has 0 bridgehead atoms. The van der Waals surface area contributed by atoms with E-state index in [9.17, 15) is 9.59 Å². The fraction of sp³-hybridized carbons (Fsp3) is 0.538. The number of hydrogen-bond donors (Lipinski definition) is 0. The summed E-state index contributed by atoms with van der Waals surface area (Å²) in [5.41, 5.74) is 0.580. The second-order valence-corrected chi connectivity index (χ2v) is 4.46. The third kappa shape index (κ3) is 2.18. The number of carbonyl (C=O) groups excluding carboxylic acids is 2. The number of nitrogens with zero attached hydrogens (tertiary/aromatic N) is 1. The van der Waals surface area contributed by atoms with Crippen molar-refractivity contribution >= 4 is 11.9 Å². The van der Waals surface area contributed by atoms with Crippen molar-refractivity contribution < 1.29 is 19.1 Å². The Hall–Kier alpha value is -1.62. The summed E-state index contributed by atoms with van der Waals surface area (Å²) in [5.74, 6) is -0.340. The first kappa shape index (κ1) is 12.8. The molecule has 1 amide bonds. The van der Waals surface area contributed by atoms with Crippen molar-refractivity contribution in [3.63, 3.8) is 0 Å². The number of esters is 1. The van der Waals surface area contributed by atoms with Crippen molar-refractivity contribution in [3.8, 4) is 0 Å². The second-order valence-electron chi connectivity index (χ2n) is 4.46. The molecule has 0 N–H and O–H groups in total. The largest absolute Gasteiger partial charge is 0.466 e. The van der Waals surface area contributed by atoms with Gasteiger partial charge in [0, 0.05) is 18.9 Å². The Balaban J connectivity index is 2.14. The van der Waals surface area contributed by atoms with Crippen molar-refractivity contribution in [1.82, 2.24) is 4.90 Å². The lowest BCUT2D eigenvalue weighted by Crippen LogP contribution is -2.27. The minimum atomic E-state index is -0.351. The monoisotopic (exact) mass is 251 g/mol. The molecular formula is C13H17NO4. The number of methoxy groups -OCH3 is 1. The molecule has 0 radical (unpaired) electrons. The van der Waals surface area contributed by atoms with Crippen molar-refractivity contribution in [2.24, 2.45) is 0 Å². The minimum absolute atomic E-state index is 0.0109. The van der Waals surface area contributed by atoms with Crippen LogP contribution in [0.2, 0.25) is 0 Å². The summed E-state index contributed by atoms with van der Waals surface area (Å²) in [4.78, 5) is 24.8. The first-order valence-electron chi connectivity index (χ1n) is 5.90. The van der Waals surface area contributed by atoms with Crippen LogP contribution in [0.15, 0.2) is 24.3 Å². The number of rotatable bonds is 4.